The number of rotatable bonds is 7. The van der Waals surface area contributed by atoms with Gasteiger partial charge in [0.15, 0.2) is 0 Å². The molecule has 7 nitrogen and oxygen atoms in total. The molecule has 4 rings (SSSR count). The van der Waals surface area contributed by atoms with Crippen LogP contribution in [-0.2, 0) is 9.53 Å². The molecule has 0 bridgehead atoms. The SMILES string of the molecule is COCCN1C(=O)c2ccccc2C(C(=O)Nc2ccc(OC)cc2OC)C12CCCC2. The normalized spacial score (nSPS) is 19.0. The predicted octanol–water partition coefficient (Wildman–Crippen LogP) is 3.84. The topological polar surface area (TPSA) is 77.1 Å². The molecule has 0 radical (unpaired) electrons. The molecular weight excluding hydrogens is 408 g/mol. The van der Waals surface area contributed by atoms with Gasteiger partial charge < -0.3 is 24.4 Å². The molecule has 1 unspecified atom stereocenters. The molecule has 1 aliphatic heterocycles. The van der Waals surface area contributed by atoms with Crippen molar-refractivity contribution in [1.82, 2.24) is 4.90 Å². The molecule has 32 heavy (non-hydrogen) atoms. The first-order valence-corrected chi connectivity index (χ1v) is 11.0. The van der Waals surface area contributed by atoms with Gasteiger partial charge in [0.1, 0.15) is 11.5 Å². The fourth-order valence-corrected chi connectivity index (χ4v) is 5.28. The molecule has 2 amide bonds. The van der Waals surface area contributed by atoms with Crippen LogP contribution in [0.3, 0.4) is 0 Å². The van der Waals surface area contributed by atoms with E-state index in [9.17, 15) is 9.59 Å². The highest BCUT2D eigenvalue weighted by atomic mass is 16.5. The Morgan fingerprint density at radius 1 is 1.09 bits per heavy atom. The number of amides is 2. The highest BCUT2D eigenvalue weighted by molar-refractivity contribution is 6.05. The Kier molecular flexibility index (Phi) is 6.37. The molecule has 2 aliphatic rings. The van der Waals surface area contributed by atoms with Crippen molar-refractivity contribution < 1.29 is 23.8 Å². The molecule has 1 saturated carbocycles. The summed E-state index contributed by atoms with van der Waals surface area (Å²) in [7, 11) is 4.77. The van der Waals surface area contributed by atoms with Crippen molar-refractivity contribution in [3.8, 4) is 11.5 Å². The number of hydrogen-bond donors (Lipinski definition) is 1. The number of nitrogens with one attached hydrogen (secondary N) is 1. The quantitative estimate of drug-likeness (QED) is 0.711. The maximum atomic E-state index is 13.9. The van der Waals surface area contributed by atoms with Crippen molar-refractivity contribution >= 4 is 17.5 Å². The van der Waals surface area contributed by atoms with E-state index < -0.39 is 11.5 Å². The van der Waals surface area contributed by atoms with E-state index in [1.54, 1.807) is 39.5 Å². The predicted molar refractivity (Wildman–Crippen MR) is 121 cm³/mol. The maximum absolute atomic E-state index is 13.9. The van der Waals surface area contributed by atoms with Gasteiger partial charge >= 0.3 is 0 Å². The van der Waals surface area contributed by atoms with E-state index in [0.717, 1.165) is 31.2 Å². The smallest absolute Gasteiger partial charge is 0.254 e. The van der Waals surface area contributed by atoms with Crippen molar-refractivity contribution in [2.24, 2.45) is 0 Å². The number of nitrogens with zero attached hydrogens (tertiary/aromatic N) is 1. The van der Waals surface area contributed by atoms with Crippen molar-refractivity contribution in [2.75, 3.05) is 39.8 Å². The van der Waals surface area contributed by atoms with Crippen LogP contribution in [0, 0.1) is 0 Å². The van der Waals surface area contributed by atoms with Crippen LogP contribution < -0.4 is 14.8 Å². The highest BCUT2D eigenvalue weighted by Crippen LogP contribution is 2.50. The van der Waals surface area contributed by atoms with E-state index in [-0.39, 0.29) is 11.8 Å². The zero-order valence-corrected chi connectivity index (χ0v) is 18.8. The van der Waals surface area contributed by atoms with Gasteiger partial charge in [-0.15, -0.1) is 0 Å². The fourth-order valence-electron chi connectivity index (χ4n) is 5.28. The number of methoxy groups -OCH3 is 3. The maximum Gasteiger partial charge on any atom is 0.254 e. The van der Waals surface area contributed by atoms with E-state index >= 15 is 0 Å². The zero-order valence-electron chi connectivity index (χ0n) is 18.8. The summed E-state index contributed by atoms with van der Waals surface area (Å²) in [4.78, 5) is 29.2. The number of carbonyl (C=O) groups excluding carboxylic acids is 2. The van der Waals surface area contributed by atoms with Gasteiger partial charge in [-0.3, -0.25) is 9.59 Å². The van der Waals surface area contributed by atoms with Crippen LogP contribution in [0.4, 0.5) is 5.69 Å². The first kappa shape index (κ1) is 22.1. The van der Waals surface area contributed by atoms with Gasteiger partial charge in [-0.1, -0.05) is 31.0 Å². The second-order valence-electron chi connectivity index (χ2n) is 8.34. The molecule has 1 atom stereocenters. The summed E-state index contributed by atoms with van der Waals surface area (Å²) in [6, 6.07) is 12.8. The first-order chi connectivity index (χ1) is 15.6. The summed E-state index contributed by atoms with van der Waals surface area (Å²) < 4.78 is 16.1. The summed E-state index contributed by atoms with van der Waals surface area (Å²) in [6.45, 7) is 0.885. The lowest BCUT2D eigenvalue weighted by Gasteiger charge is -2.50. The molecule has 2 aromatic carbocycles. The van der Waals surface area contributed by atoms with Crippen LogP contribution >= 0.6 is 0 Å². The summed E-state index contributed by atoms with van der Waals surface area (Å²) in [5, 5.41) is 3.08. The second-order valence-corrected chi connectivity index (χ2v) is 8.34. The van der Waals surface area contributed by atoms with Crippen molar-refractivity contribution in [1.29, 1.82) is 0 Å². The molecular formula is C25H30N2O5. The summed E-state index contributed by atoms with van der Waals surface area (Å²) in [6.07, 6.45) is 3.53. The average Bonchev–Trinajstić information content (AvgIpc) is 3.29. The van der Waals surface area contributed by atoms with Gasteiger partial charge in [0.2, 0.25) is 5.91 Å². The zero-order chi connectivity index (χ0) is 22.7. The Balaban J connectivity index is 1.77. The number of ether oxygens (including phenoxy) is 3. The van der Waals surface area contributed by atoms with E-state index in [4.69, 9.17) is 14.2 Å². The largest absolute Gasteiger partial charge is 0.497 e. The van der Waals surface area contributed by atoms with Crippen LogP contribution in [-0.4, -0.2) is 56.7 Å². The Morgan fingerprint density at radius 2 is 1.84 bits per heavy atom. The molecule has 7 heteroatoms. The second kappa shape index (κ2) is 9.20. The molecule has 1 heterocycles. The summed E-state index contributed by atoms with van der Waals surface area (Å²) >= 11 is 0. The van der Waals surface area contributed by atoms with Gasteiger partial charge in [-0.05, 0) is 36.6 Å². The molecule has 1 fully saturated rings. The minimum absolute atomic E-state index is 0.0226. The molecule has 0 aromatic heterocycles. The third-order valence-electron chi connectivity index (χ3n) is 6.74. The van der Waals surface area contributed by atoms with E-state index in [1.165, 1.54) is 0 Å². The lowest BCUT2D eigenvalue weighted by Crippen LogP contribution is -2.60. The molecule has 1 N–H and O–H groups in total. The van der Waals surface area contributed by atoms with Gasteiger partial charge in [-0.25, -0.2) is 0 Å². The Morgan fingerprint density at radius 3 is 2.53 bits per heavy atom. The Labute approximate surface area is 188 Å². The molecule has 170 valence electrons. The van der Waals surface area contributed by atoms with Crippen molar-refractivity contribution in [3.63, 3.8) is 0 Å². The molecule has 1 spiro atoms. The van der Waals surface area contributed by atoms with Crippen molar-refractivity contribution in [2.45, 2.75) is 37.1 Å². The van der Waals surface area contributed by atoms with Gasteiger partial charge in [0.25, 0.3) is 5.91 Å². The van der Waals surface area contributed by atoms with E-state index in [0.29, 0.717) is 35.9 Å². The first-order valence-electron chi connectivity index (χ1n) is 11.0. The third-order valence-corrected chi connectivity index (χ3v) is 6.74. The standard InChI is InChI=1S/C25H30N2O5/c1-30-15-14-27-24(29)19-9-5-4-8-18(19)22(25(27)12-6-7-13-25)23(28)26-20-11-10-17(31-2)16-21(20)32-3/h4-5,8-11,16,22H,6-7,12-15H2,1-3H3,(H,26,28). The number of benzene rings is 2. The van der Waals surface area contributed by atoms with E-state index in [1.807, 2.05) is 29.2 Å². The highest BCUT2D eigenvalue weighted by Gasteiger charge is 2.55. The number of fused-ring (bicyclic) bond motifs is 1. The van der Waals surface area contributed by atoms with Crippen molar-refractivity contribution in [3.05, 3.63) is 53.6 Å². The molecule has 1 aliphatic carbocycles. The summed E-state index contributed by atoms with van der Waals surface area (Å²) in [5.41, 5.74) is 1.39. The lowest BCUT2D eigenvalue weighted by molar-refractivity contribution is -0.121. The lowest BCUT2D eigenvalue weighted by atomic mass is 9.71. The average molecular weight is 439 g/mol. The Bertz CT molecular complexity index is 1000. The van der Waals surface area contributed by atoms with Gasteiger partial charge in [0, 0.05) is 25.3 Å². The van der Waals surface area contributed by atoms with Crippen LogP contribution in [0.1, 0.15) is 47.5 Å². The van der Waals surface area contributed by atoms with E-state index in [2.05, 4.69) is 5.32 Å². The number of hydrogen-bond acceptors (Lipinski definition) is 5. The fraction of sp³-hybridized carbons (Fsp3) is 0.440. The minimum Gasteiger partial charge on any atom is -0.497 e. The van der Waals surface area contributed by atoms with Crippen LogP contribution in [0.25, 0.3) is 0 Å². The third kappa shape index (κ3) is 3.71. The number of carbonyl (C=O) groups is 2. The monoisotopic (exact) mass is 438 g/mol. The minimum atomic E-state index is -0.562. The van der Waals surface area contributed by atoms with Gasteiger partial charge in [-0.2, -0.15) is 0 Å². The number of anilines is 1. The molecule has 2 aromatic rings. The Hall–Kier alpha value is -3.06. The van der Waals surface area contributed by atoms with Crippen LogP contribution in [0.2, 0.25) is 0 Å². The molecule has 0 saturated heterocycles. The van der Waals surface area contributed by atoms with Crippen LogP contribution in [0.15, 0.2) is 42.5 Å². The van der Waals surface area contributed by atoms with Gasteiger partial charge in [0.05, 0.1) is 38.0 Å². The summed E-state index contributed by atoms with van der Waals surface area (Å²) in [5.74, 6) is 0.520. The van der Waals surface area contributed by atoms with Crippen LogP contribution in [0.5, 0.6) is 11.5 Å².